The molecule has 1 nitrogen and oxygen atoms in total. The molecule has 2 rings (SSSR count). The molecule has 1 N–H and O–H groups in total. The predicted octanol–water partition coefficient (Wildman–Crippen LogP) is 5.94. The molecule has 0 fully saturated rings. The lowest BCUT2D eigenvalue weighted by Gasteiger charge is -2.10. The largest absolute Gasteiger partial charge is 0.380 e. The first kappa shape index (κ1) is 14.6. The van der Waals surface area contributed by atoms with Gasteiger partial charge in [-0.2, -0.15) is 0 Å². The lowest BCUT2D eigenvalue weighted by Crippen LogP contribution is -1.98. The Morgan fingerprint density at radius 2 is 1.95 bits per heavy atom. The van der Waals surface area contributed by atoms with Crippen molar-refractivity contribution in [2.45, 2.75) is 39.7 Å². The van der Waals surface area contributed by atoms with Gasteiger partial charge in [0.2, 0.25) is 0 Å². The van der Waals surface area contributed by atoms with E-state index >= 15 is 0 Å². The first-order valence-electron chi connectivity index (χ1n) is 6.68. The second kappa shape index (κ2) is 6.58. The molecule has 0 radical (unpaired) electrons. The Balaban J connectivity index is 1.96. The average molecular weight is 338 g/mol. The van der Waals surface area contributed by atoms with Crippen molar-refractivity contribution < 1.29 is 0 Å². The molecule has 3 heteroatoms. The lowest BCUT2D eigenvalue weighted by molar-refractivity contribution is 0.734. The van der Waals surface area contributed by atoms with Gasteiger partial charge in [-0.05, 0) is 59.0 Å². The molecule has 0 saturated heterocycles. The third-order valence-corrected chi connectivity index (χ3v) is 5.60. The van der Waals surface area contributed by atoms with Crippen LogP contribution in [0.25, 0.3) is 0 Å². The predicted molar refractivity (Wildman–Crippen MR) is 89.2 cm³/mol. The number of thiophene rings is 1. The van der Waals surface area contributed by atoms with E-state index in [4.69, 9.17) is 0 Å². The van der Waals surface area contributed by atoms with E-state index in [0.717, 1.165) is 6.54 Å². The molecule has 1 aromatic heterocycles. The summed E-state index contributed by atoms with van der Waals surface area (Å²) in [4.78, 5) is 2.69. The molecule has 1 atom stereocenters. The minimum atomic E-state index is 0.643. The average Bonchev–Trinajstić information content (AvgIpc) is 2.75. The fourth-order valence-corrected chi connectivity index (χ4v) is 3.50. The van der Waals surface area contributed by atoms with Crippen LogP contribution in [0, 0.1) is 6.92 Å². The topological polar surface area (TPSA) is 12.0 Å². The molecule has 19 heavy (non-hydrogen) atoms. The Labute approximate surface area is 128 Å². The third kappa shape index (κ3) is 3.83. The van der Waals surface area contributed by atoms with E-state index in [-0.39, 0.29) is 0 Å². The van der Waals surface area contributed by atoms with Crippen LogP contribution in [-0.2, 0) is 6.54 Å². The van der Waals surface area contributed by atoms with Gasteiger partial charge in [-0.1, -0.05) is 26.0 Å². The van der Waals surface area contributed by atoms with Gasteiger partial charge < -0.3 is 5.32 Å². The summed E-state index contributed by atoms with van der Waals surface area (Å²) in [6.07, 6.45) is 1.19. The van der Waals surface area contributed by atoms with Gasteiger partial charge in [0.15, 0.2) is 0 Å². The number of aryl methyl sites for hydroxylation is 1. The van der Waals surface area contributed by atoms with Crippen LogP contribution in [0.5, 0.6) is 0 Å². The Bertz CT molecular complexity index is 511. The molecule has 0 aliphatic heterocycles. The van der Waals surface area contributed by atoms with Crippen molar-refractivity contribution >= 4 is 33.0 Å². The molecular formula is C16H20BrNS. The van der Waals surface area contributed by atoms with Crippen molar-refractivity contribution in [2.24, 2.45) is 0 Å². The molecule has 1 aromatic carbocycles. The SMILES string of the molecule is CCC(C)c1ccc(NCc2cc(Br)c(C)s2)cc1. The highest BCUT2D eigenvalue weighted by Crippen LogP contribution is 2.27. The fraction of sp³-hybridized carbons (Fsp3) is 0.375. The molecular weight excluding hydrogens is 318 g/mol. The quantitative estimate of drug-likeness (QED) is 0.711. The minimum Gasteiger partial charge on any atom is -0.380 e. The highest BCUT2D eigenvalue weighted by Gasteiger charge is 2.04. The zero-order chi connectivity index (χ0) is 13.8. The number of nitrogens with one attached hydrogen (secondary N) is 1. The van der Waals surface area contributed by atoms with E-state index in [9.17, 15) is 0 Å². The van der Waals surface area contributed by atoms with Gasteiger partial charge in [-0.25, -0.2) is 0 Å². The Hall–Kier alpha value is -0.800. The van der Waals surface area contributed by atoms with Gasteiger partial charge in [0.1, 0.15) is 0 Å². The first-order chi connectivity index (χ1) is 9.10. The maximum atomic E-state index is 3.56. The summed E-state index contributed by atoms with van der Waals surface area (Å²) in [6, 6.07) is 11.0. The molecule has 1 heterocycles. The molecule has 0 aliphatic carbocycles. The molecule has 0 bridgehead atoms. The molecule has 2 aromatic rings. The van der Waals surface area contributed by atoms with Gasteiger partial charge in [-0.15, -0.1) is 11.3 Å². The summed E-state index contributed by atoms with van der Waals surface area (Å²) in [5.74, 6) is 0.643. The van der Waals surface area contributed by atoms with Gasteiger partial charge in [0.05, 0.1) is 0 Å². The van der Waals surface area contributed by atoms with Crippen LogP contribution in [0.4, 0.5) is 5.69 Å². The van der Waals surface area contributed by atoms with Crippen molar-refractivity contribution in [3.05, 3.63) is 50.1 Å². The van der Waals surface area contributed by atoms with Crippen LogP contribution in [0.3, 0.4) is 0 Å². The van der Waals surface area contributed by atoms with Crippen LogP contribution >= 0.6 is 27.3 Å². The van der Waals surface area contributed by atoms with Gasteiger partial charge in [-0.3, -0.25) is 0 Å². The summed E-state index contributed by atoms with van der Waals surface area (Å²) < 4.78 is 1.21. The Kier molecular flexibility index (Phi) is 5.06. The van der Waals surface area contributed by atoms with Crippen molar-refractivity contribution in [3.8, 4) is 0 Å². The van der Waals surface area contributed by atoms with Crippen LogP contribution in [0.15, 0.2) is 34.8 Å². The van der Waals surface area contributed by atoms with E-state index in [1.54, 1.807) is 0 Å². The Morgan fingerprint density at radius 3 is 2.47 bits per heavy atom. The van der Waals surface area contributed by atoms with E-state index in [2.05, 4.69) is 72.3 Å². The van der Waals surface area contributed by atoms with Crippen molar-refractivity contribution in [1.29, 1.82) is 0 Å². The molecule has 1 unspecified atom stereocenters. The van der Waals surface area contributed by atoms with E-state index in [0.29, 0.717) is 5.92 Å². The molecule has 0 amide bonds. The molecule has 0 saturated carbocycles. The summed E-state index contributed by atoms with van der Waals surface area (Å²) in [7, 11) is 0. The van der Waals surface area contributed by atoms with Crippen molar-refractivity contribution in [1.82, 2.24) is 0 Å². The third-order valence-electron chi connectivity index (χ3n) is 3.47. The number of hydrogen-bond acceptors (Lipinski definition) is 2. The van der Waals surface area contributed by atoms with Gasteiger partial charge >= 0.3 is 0 Å². The van der Waals surface area contributed by atoms with Crippen molar-refractivity contribution in [3.63, 3.8) is 0 Å². The normalized spacial score (nSPS) is 12.4. The second-order valence-electron chi connectivity index (χ2n) is 4.90. The maximum Gasteiger partial charge on any atom is 0.0494 e. The fourth-order valence-electron chi connectivity index (χ4n) is 1.96. The number of rotatable bonds is 5. The van der Waals surface area contributed by atoms with Gasteiger partial charge in [0.25, 0.3) is 0 Å². The zero-order valence-electron chi connectivity index (χ0n) is 11.7. The Morgan fingerprint density at radius 1 is 1.26 bits per heavy atom. The van der Waals surface area contributed by atoms with E-state index in [1.165, 1.54) is 31.9 Å². The summed E-state index contributed by atoms with van der Waals surface area (Å²) in [6.45, 7) is 7.53. The minimum absolute atomic E-state index is 0.643. The lowest BCUT2D eigenvalue weighted by atomic mass is 9.99. The number of anilines is 1. The number of hydrogen-bond donors (Lipinski definition) is 1. The van der Waals surface area contributed by atoms with Gasteiger partial charge in [0, 0.05) is 26.5 Å². The highest BCUT2D eigenvalue weighted by atomic mass is 79.9. The van der Waals surface area contributed by atoms with Crippen LogP contribution in [0.1, 0.15) is 41.5 Å². The number of halogens is 1. The van der Waals surface area contributed by atoms with Crippen LogP contribution in [-0.4, -0.2) is 0 Å². The summed E-state index contributed by atoms with van der Waals surface area (Å²) in [5, 5.41) is 3.48. The summed E-state index contributed by atoms with van der Waals surface area (Å²) in [5.41, 5.74) is 2.61. The second-order valence-corrected chi connectivity index (χ2v) is 7.10. The smallest absolute Gasteiger partial charge is 0.0494 e. The highest BCUT2D eigenvalue weighted by molar-refractivity contribution is 9.10. The van der Waals surface area contributed by atoms with E-state index < -0.39 is 0 Å². The number of benzene rings is 1. The van der Waals surface area contributed by atoms with E-state index in [1.807, 2.05) is 11.3 Å². The molecule has 0 aliphatic rings. The molecule has 0 spiro atoms. The maximum absolute atomic E-state index is 3.56. The molecule has 102 valence electrons. The monoisotopic (exact) mass is 337 g/mol. The first-order valence-corrected chi connectivity index (χ1v) is 8.29. The summed E-state index contributed by atoms with van der Waals surface area (Å²) >= 11 is 5.39. The zero-order valence-corrected chi connectivity index (χ0v) is 14.1. The van der Waals surface area contributed by atoms with Crippen molar-refractivity contribution in [2.75, 3.05) is 5.32 Å². The standard InChI is InChI=1S/C16H20BrNS/c1-4-11(2)13-5-7-14(8-6-13)18-10-15-9-16(17)12(3)19-15/h5-9,11,18H,4,10H2,1-3H3. The van der Waals surface area contributed by atoms with Crippen LogP contribution in [0.2, 0.25) is 0 Å². The van der Waals surface area contributed by atoms with Crippen LogP contribution < -0.4 is 5.32 Å².